The minimum Gasteiger partial charge on any atom is -0.337 e. The van der Waals surface area contributed by atoms with Crippen molar-refractivity contribution < 1.29 is 9.32 Å². The number of nitrogens with zero attached hydrogens (tertiary/aromatic N) is 5. The van der Waals surface area contributed by atoms with E-state index in [0.29, 0.717) is 17.5 Å². The van der Waals surface area contributed by atoms with Gasteiger partial charge in [0.1, 0.15) is 0 Å². The molecule has 134 valence electrons. The highest BCUT2D eigenvalue weighted by molar-refractivity contribution is 5.91. The van der Waals surface area contributed by atoms with Gasteiger partial charge in [-0.05, 0) is 19.4 Å². The maximum absolute atomic E-state index is 12.3. The van der Waals surface area contributed by atoms with Crippen LogP contribution in [0.15, 0.2) is 47.1 Å². The molecule has 1 aliphatic rings. The number of nitrogens with one attached hydrogen (secondary N) is 1. The van der Waals surface area contributed by atoms with E-state index in [1.807, 2.05) is 37.4 Å². The number of carbonyl (C=O) groups is 1. The average Bonchev–Trinajstić information content (AvgIpc) is 3.37. The zero-order valence-electron chi connectivity index (χ0n) is 14.5. The van der Waals surface area contributed by atoms with Crippen molar-refractivity contribution in [3.63, 3.8) is 0 Å². The summed E-state index contributed by atoms with van der Waals surface area (Å²) >= 11 is 0. The molecule has 8 heteroatoms. The Bertz CT molecular complexity index is 888. The molecule has 0 spiro atoms. The van der Waals surface area contributed by atoms with Crippen LogP contribution in [0.4, 0.5) is 5.82 Å². The van der Waals surface area contributed by atoms with E-state index in [0.717, 1.165) is 24.9 Å². The second kappa shape index (κ2) is 7.09. The van der Waals surface area contributed by atoms with Gasteiger partial charge in [-0.2, -0.15) is 10.1 Å². The lowest BCUT2D eigenvalue weighted by atomic mass is 10.2. The number of hydrogen-bond donors (Lipinski definition) is 1. The van der Waals surface area contributed by atoms with E-state index < -0.39 is 0 Å². The van der Waals surface area contributed by atoms with Crippen LogP contribution in [0.2, 0.25) is 0 Å². The normalized spacial score (nSPS) is 17.5. The van der Waals surface area contributed by atoms with Gasteiger partial charge in [-0.25, -0.2) is 0 Å². The largest absolute Gasteiger partial charge is 0.337 e. The topological polar surface area (TPSA) is 89.1 Å². The van der Waals surface area contributed by atoms with Crippen LogP contribution in [0.25, 0.3) is 11.4 Å². The van der Waals surface area contributed by atoms with E-state index in [4.69, 9.17) is 4.52 Å². The van der Waals surface area contributed by atoms with Crippen molar-refractivity contribution in [1.82, 2.24) is 24.8 Å². The Morgan fingerprint density at radius 3 is 2.92 bits per heavy atom. The fourth-order valence-electron chi connectivity index (χ4n) is 3.22. The maximum Gasteiger partial charge on any atom is 0.244 e. The summed E-state index contributed by atoms with van der Waals surface area (Å²) in [5.41, 5.74) is 0.917. The Labute approximate surface area is 150 Å². The third-order valence-corrected chi connectivity index (χ3v) is 4.45. The minimum atomic E-state index is -0.0987. The molecule has 0 radical (unpaired) electrons. The lowest BCUT2D eigenvalue weighted by Gasteiger charge is -2.20. The highest BCUT2D eigenvalue weighted by atomic mass is 16.5. The van der Waals surface area contributed by atoms with Crippen molar-refractivity contribution in [1.29, 1.82) is 0 Å². The Hall–Kier alpha value is -3.00. The van der Waals surface area contributed by atoms with Crippen molar-refractivity contribution in [2.24, 2.45) is 7.05 Å². The molecule has 4 rings (SSSR count). The molecule has 1 aromatic carbocycles. The fraction of sp³-hybridized carbons (Fsp3) is 0.333. The van der Waals surface area contributed by atoms with Crippen molar-refractivity contribution in [2.45, 2.75) is 18.9 Å². The van der Waals surface area contributed by atoms with E-state index in [2.05, 4.69) is 25.5 Å². The summed E-state index contributed by atoms with van der Waals surface area (Å²) in [7, 11) is 1.81. The number of hydrogen-bond acceptors (Lipinski definition) is 6. The molecular weight excluding hydrogens is 332 g/mol. The van der Waals surface area contributed by atoms with E-state index in [1.165, 1.54) is 0 Å². The molecule has 0 aliphatic carbocycles. The minimum absolute atomic E-state index is 0.0329. The molecule has 0 unspecified atom stereocenters. The van der Waals surface area contributed by atoms with Crippen LogP contribution in [0.3, 0.4) is 0 Å². The molecule has 2 aromatic heterocycles. The van der Waals surface area contributed by atoms with Gasteiger partial charge in [0, 0.05) is 24.9 Å². The van der Waals surface area contributed by atoms with Gasteiger partial charge in [0.25, 0.3) is 0 Å². The highest BCUT2D eigenvalue weighted by Crippen LogP contribution is 2.31. The first-order valence-electron chi connectivity index (χ1n) is 8.61. The third kappa shape index (κ3) is 3.50. The van der Waals surface area contributed by atoms with Gasteiger partial charge < -0.3 is 9.84 Å². The van der Waals surface area contributed by atoms with Gasteiger partial charge in [-0.3, -0.25) is 14.4 Å². The summed E-state index contributed by atoms with van der Waals surface area (Å²) in [5.74, 6) is 1.59. The number of likely N-dealkylation sites (tertiary alicyclic amines) is 1. The van der Waals surface area contributed by atoms with Gasteiger partial charge in [0.05, 0.1) is 12.6 Å². The van der Waals surface area contributed by atoms with E-state index in [9.17, 15) is 4.79 Å². The van der Waals surface area contributed by atoms with Crippen LogP contribution in [-0.4, -0.2) is 43.8 Å². The number of carbonyl (C=O) groups excluding carboxylic acids is 1. The molecule has 0 bridgehead atoms. The smallest absolute Gasteiger partial charge is 0.244 e. The second-order valence-electron chi connectivity index (χ2n) is 6.37. The first kappa shape index (κ1) is 16.5. The average molecular weight is 352 g/mol. The zero-order chi connectivity index (χ0) is 17.9. The molecule has 1 saturated heterocycles. The summed E-state index contributed by atoms with van der Waals surface area (Å²) in [5, 5.41) is 11.1. The summed E-state index contributed by atoms with van der Waals surface area (Å²) in [6.07, 6.45) is 3.68. The lowest BCUT2D eigenvalue weighted by molar-refractivity contribution is -0.117. The van der Waals surface area contributed by atoms with E-state index in [-0.39, 0.29) is 18.5 Å². The zero-order valence-corrected chi connectivity index (χ0v) is 14.5. The number of anilines is 1. The third-order valence-electron chi connectivity index (χ3n) is 4.45. The molecule has 1 aliphatic heterocycles. The standard InChI is InChI=1S/C18H20N6O2/c1-23-11-9-15(21-23)19-16(25)12-24-10-5-8-14(24)18-20-17(22-26-18)13-6-3-2-4-7-13/h2-4,6-7,9,11,14H,5,8,10,12H2,1H3,(H,19,21,25)/t14-/m0/s1. The van der Waals surface area contributed by atoms with Crippen molar-refractivity contribution in [3.8, 4) is 11.4 Å². The van der Waals surface area contributed by atoms with Crippen LogP contribution in [0, 0.1) is 0 Å². The summed E-state index contributed by atoms with van der Waals surface area (Å²) in [6.45, 7) is 1.09. The van der Waals surface area contributed by atoms with Gasteiger partial charge in [-0.15, -0.1) is 0 Å². The molecule has 3 heterocycles. The van der Waals surface area contributed by atoms with Crippen molar-refractivity contribution in [2.75, 3.05) is 18.4 Å². The molecular formula is C18H20N6O2. The van der Waals surface area contributed by atoms with E-state index in [1.54, 1.807) is 16.9 Å². The molecule has 26 heavy (non-hydrogen) atoms. The Morgan fingerprint density at radius 1 is 1.31 bits per heavy atom. The maximum atomic E-state index is 12.3. The predicted molar refractivity (Wildman–Crippen MR) is 95.1 cm³/mol. The monoisotopic (exact) mass is 352 g/mol. The Balaban J connectivity index is 1.43. The van der Waals surface area contributed by atoms with E-state index >= 15 is 0 Å². The molecule has 0 saturated carbocycles. The fourth-order valence-corrected chi connectivity index (χ4v) is 3.22. The molecule has 1 amide bonds. The second-order valence-corrected chi connectivity index (χ2v) is 6.37. The number of rotatable bonds is 5. The van der Waals surface area contributed by atoms with Crippen LogP contribution in [-0.2, 0) is 11.8 Å². The Kier molecular flexibility index (Phi) is 4.49. The molecule has 8 nitrogen and oxygen atoms in total. The SMILES string of the molecule is Cn1ccc(NC(=O)CN2CCC[C@H]2c2nc(-c3ccccc3)no2)n1. The van der Waals surface area contributed by atoms with Gasteiger partial charge in [-0.1, -0.05) is 35.5 Å². The van der Waals surface area contributed by atoms with Gasteiger partial charge in [0.2, 0.25) is 17.6 Å². The number of aryl methyl sites for hydroxylation is 1. The van der Waals surface area contributed by atoms with Crippen molar-refractivity contribution in [3.05, 3.63) is 48.5 Å². The predicted octanol–water partition coefficient (Wildman–Crippen LogP) is 2.25. The number of amides is 1. The highest BCUT2D eigenvalue weighted by Gasteiger charge is 2.32. The lowest BCUT2D eigenvalue weighted by Crippen LogP contribution is -2.33. The van der Waals surface area contributed by atoms with Gasteiger partial charge >= 0.3 is 0 Å². The Morgan fingerprint density at radius 2 is 2.15 bits per heavy atom. The molecule has 1 fully saturated rings. The van der Waals surface area contributed by atoms with Crippen LogP contribution in [0.1, 0.15) is 24.8 Å². The van der Waals surface area contributed by atoms with Gasteiger partial charge in [0.15, 0.2) is 5.82 Å². The number of benzene rings is 1. The molecule has 3 aromatic rings. The van der Waals surface area contributed by atoms with Crippen LogP contribution < -0.4 is 5.32 Å². The summed E-state index contributed by atoms with van der Waals surface area (Å²) in [6, 6.07) is 11.5. The molecule has 1 atom stereocenters. The van der Waals surface area contributed by atoms with Crippen LogP contribution >= 0.6 is 0 Å². The first-order chi connectivity index (χ1) is 12.7. The van der Waals surface area contributed by atoms with Crippen LogP contribution in [0.5, 0.6) is 0 Å². The first-order valence-corrected chi connectivity index (χ1v) is 8.61. The molecule has 1 N–H and O–H groups in total. The summed E-state index contributed by atoms with van der Waals surface area (Å²) < 4.78 is 7.14. The quantitative estimate of drug-likeness (QED) is 0.757. The number of aromatic nitrogens is 4. The summed E-state index contributed by atoms with van der Waals surface area (Å²) in [4.78, 5) is 18.9. The van der Waals surface area contributed by atoms with Crippen molar-refractivity contribution >= 4 is 11.7 Å².